The first-order valence-electron chi connectivity index (χ1n) is 8.05. The number of aryl methyl sites for hydroxylation is 1. The monoisotopic (exact) mass is 400 g/mol. The Labute approximate surface area is 153 Å². The second kappa shape index (κ2) is 7.66. The Balaban J connectivity index is 1.79. The first kappa shape index (κ1) is 17.4. The number of carbonyl (C=O) groups excluding carboxylic acids is 1. The van der Waals surface area contributed by atoms with Gasteiger partial charge >= 0.3 is 5.63 Å². The van der Waals surface area contributed by atoms with E-state index in [1.807, 2.05) is 18.2 Å². The highest BCUT2D eigenvalue weighted by molar-refractivity contribution is 9.10. The Morgan fingerprint density at radius 1 is 1.12 bits per heavy atom. The van der Waals surface area contributed by atoms with Crippen LogP contribution in [0.4, 0.5) is 0 Å². The lowest BCUT2D eigenvalue weighted by molar-refractivity contribution is 0.0921. The molecule has 0 atom stereocenters. The Kier molecular flexibility index (Phi) is 5.34. The van der Waals surface area contributed by atoms with E-state index in [2.05, 4.69) is 22.9 Å². The maximum Gasteiger partial charge on any atom is 0.336 e. The lowest BCUT2D eigenvalue weighted by atomic mass is 10.1. The summed E-state index contributed by atoms with van der Waals surface area (Å²) < 4.78 is 11.8. The highest BCUT2D eigenvalue weighted by atomic mass is 79.9. The summed E-state index contributed by atoms with van der Waals surface area (Å²) in [5.74, 6) is 0.378. The molecule has 0 unspecified atom stereocenters. The third-order valence-corrected chi connectivity index (χ3v) is 4.39. The number of hydrogen-bond donors (Lipinski definition) is 0. The summed E-state index contributed by atoms with van der Waals surface area (Å²) in [6.07, 6.45) is 1.75. The largest absolute Gasteiger partial charge is 0.485 e. The number of fused-ring (bicyclic) bond motifs is 1. The second-order valence-electron chi connectivity index (χ2n) is 5.72. The van der Waals surface area contributed by atoms with Crippen LogP contribution in [-0.4, -0.2) is 12.4 Å². The Hall–Kier alpha value is -2.40. The normalized spacial score (nSPS) is 10.8. The minimum Gasteiger partial charge on any atom is -0.485 e. The van der Waals surface area contributed by atoms with Crippen molar-refractivity contribution >= 4 is 32.7 Å². The van der Waals surface area contributed by atoms with Crippen molar-refractivity contribution < 1.29 is 13.9 Å². The predicted octanol–water partition coefficient (Wildman–Crippen LogP) is 4.77. The van der Waals surface area contributed by atoms with Crippen LogP contribution in [0.2, 0.25) is 0 Å². The molecule has 0 aliphatic heterocycles. The molecule has 0 saturated heterocycles. The van der Waals surface area contributed by atoms with Crippen molar-refractivity contribution in [3.8, 4) is 5.75 Å². The van der Waals surface area contributed by atoms with E-state index in [4.69, 9.17) is 9.15 Å². The van der Waals surface area contributed by atoms with Crippen LogP contribution in [0.3, 0.4) is 0 Å². The fourth-order valence-corrected chi connectivity index (χ4v) is 2.91. The Morgan fingerprint density at radius 2 is 1.88 bits per heavy atom. The van der Waals surface area contributed by atoms with Gasteiger partial charge in [0.05, 0.1) is 0 Å². The van der Waals surface area contributed by atoms with Gasteiger partial charge in [-0.05, 0) is 36.2 Å². The molecule has 0 amide bonds. The quantitative estimate of drug-likeness (QED) is 0.441. The van der Waals surface area contributed by atoms with Crippen LogP contribution in [0.25, 0.3) is 11.0 Å². The number of ether oxygens (including phenoxy) is 1. The van der Waals surface area contributed by atoms with Crippen LogP contribution in [0.15, 0.2) is 62.2 Å². The highest BCUT2D eigenvalue weighted by Gasteiger charge is 2.09. The molecule has 0 radical (unpaired) electrons. The van der Waals surface area contributed by atoms with Gasteiger partial charge in [-0.3, -0.25) is 4.79 Å². The molecule has 0 fully saturated rings. The van der Waals surface area contributed by atoms with Gasteiger partial charge in [-0.25, -0.2) is 4.79 Å². The van der Waals surface area contributed by atoms with Crippen molar-refractivity contribution in [1.82, 2.24) is 0 Å². The lowest BCUT2D eigenvalue weighted by Crippen LogP contribution is -2.11. The van der Waals surface area contributed by atoms with Crippen molar-refractivity contribution in [3.63, 3.8) is 0 Å². The molecular formula is C20H17BrO4. The van der Waals surface area contributed by atoms with Gasteiger partial charge in [-0.1, -0.05) is 41.4 Å². The van der Waals surface area contributed by atoms with Gasteiger partial charge in [-0.15, -0.1) is 0 Å². The zero-order chi connectivity index (χ0) is 17.8. The molecule has 3 aromatic rings. The summed E-state index contributed by atoms with van der Waals surface area (Å²) in [5.41, 5.74) is 1.65. The second-order valence-corrected chi connectivity index (χ2v) is 6.63. The zero-order valence-corrected chi connectivity index (χ0v) is 15.3. The van der Waals surface area contributed by atoms with E-state index in [1.165, 1.54) is 6.07 Å². The van der Waals surface area contributed by atoms with E-state index in [1.54, 1.807) is 24.3 Å². The van der Waals surface area contributed by atoms with E-state index in [9.17, 15) is 9.59 Å². The van der Waals surface area contributed by atoms with Crippen LogP contribution < -0.4 is 10.4 Å². The fraction of sp³-hybridized carbons (Fsp3) is 0.200. The maximum absolute atomic E-state index is 12.2. The van der Waals surface area contributed by atoms with Crippen LogP contribution in [0.1, 0.15) is 29.3 Å². The summed E-state index contributed by atoms with van der Waals surface area (Å²) in [7, 11) is 0. The average molecular weight is 401 g/mol. The van der Waals surface area contributed by atoms with Crippen LogP contribution in [0, 0.1) is 0 Å². The smallest absolute Gasteiger partial charge is 0.336 e. The number of Topliss-reactive ketones (excluding diaryl/α,β-unsaturated/α-hetero) is 1. The summed E-state index contributed by atoms with van der Waals surface area (Å²) in [6, 6.07) is 14.0. The van der Waals surface area contributed by atoms with Gasteiger partial charge in [0.1, 0.15) is 11.3 Å². The number of rotatable bonds is 6. The number of carbonyl (C=O) groups is 1. The SMILES string of the molecule is CCCc1cc(=O)oc2cc(OCC(=O)c3ccc(Br)cc3)ccc12. The number of halogens is 1. The fourth-order valence-electron chi connectivity index (χ4n) is 2.64. The molecule has 0 bridgehead atoms. The minimum atomic E-state index is -0.376. The Bertz CT molecular complexity index is 958. The summed E-state index contributed by atoms with van der Waals surface area (Å²) in [4.78, 5) is 23.9. The summed E-state index contributed by atoms with van der Waals surface area (Å²) in [5, 5.41) is 0.896. The van der Waals surface area contributed by atoms with Gasteiger partial charge in [0.15, 0.2) is 12.4 Å². The number of benzene rings is 2. The molecule has 1 heterocycles. The molecule has 2 aromatic carbocycles. The highest BCUT2D eigenvalue weighted by Crippen LogP contribution is 2.23. The van der Waals surface area contributed by atoms with Crippen molar-refractivity contribution in [3.05, 3.63) is 74.6 Å². The molecule has 5 heteroatoms. The molecule has 128 valence electrons. The zero-order valence-electron chi connectivity index (χ0n) is 13.8. The molecule has 0 aliphatic carbocycles. The number of ketones is 1. The molecule has 3 rings (SSSR count). The average Bonchev–Trinajstić information content (AvgIpc) is 2.60. The summed E-state index contributed by atoms with van der Waals surface area (Å²) >= 11 is 3.34. The van der Waals surface area contributed by atoms with Crippen molar-refractivity contribution in [1.29, 1.82) is 0 Å². The predicted molar refractivity (Wildman–Crippen MR) is 100 cm³/mol. The van der Waals surface area contributed by atoms with Crippen LogP contribution >= 0.6 is 15.9 Å². The van der Waals surface area contributed by atoms with Crippen LogP contribution in [0.5, 0.6) is 5.75 Å². The minimum absolute atomic E-state index is 0.0774. The van der Waals surface area contributed by atoms with E-state index in [0.717, 1.165) is 28.3 Å². The lowest BCUT2D eigenvalue weighted by Gasteiger charge is -2.08. The molecule has 1 aromatic heterocycles. The topological polar surface area (TPSA) is 56.5 Å². The van der Waals surface area contributed by atoms with Gasteiger partial charge in [0, 0.05) is 27.6 Å². The molecular weight excluding hydrogens is 384 g/mol. The van der Waals surface area contributed by atoms with Gasteiger partial charge in [0.2, 0.25) is 0 Å². The van der Waals surface area contributed by atoms with Crippen molar-refractivity contribution in [2.75, 3.05) is 6.61 Å². The van der Waals surface area contributed by atoms with E-state index >= 15 is 0 Å². The van der Waals surface area contributed by atoms with E-state index in [-0.39, 0.29) is 18.0 Å². The molecule has 25 heavy (non-hydrogen) atoms. The molecule has 4 nitrogen and oxygen atoms in total. The van der Waals surface area contributed by atoms with Crippen molar-refractivity contribution in [2.45, 2.75) is 19.8 Å². The standard InChI is InChI=1S/C20H17BrO4/c1-2-3-14-10-20(23)25-19-11-16(8-9-17(14)19)24-12-18(22)13-4-6-15(21)7-5-13/h4-11H,2-3,12H2,1H3. The molecule has 0 N–H and O–H groups in total. The van der Waals surface area contributed by atoms with Gasteiger partial charge < -0.3 is 9.15 Å². The maximum atomic E-state index is 12.2. The van der Waals surface area contributed by atoms with Crippen molar-refractivity contribution in [2.24, 2.45) is 0 Å². The van der Waals surface area contributed by atoms with E-state index < -0.39 is 0 Å². The Morgan fingerprint density at radius 3 is 2.60 bits per heavy atom. The van der Waals surface area contributed by atoms with Crippen LogP contribution in [-0.2, 0) is 6.42 Å². The molecule has 0 aliphatic rings. The number of hydrogen-bond acceptors (Lipinski definition) is 4. The first-order chi connectivity index (χ1) is 12.1. The first-order valence-corrected chi connectivity index (χ1v) is 8.84. The summed E-state index contributed by atoms with van der Waals surface area (Å²) in [6.45, 7) is 1.98. The molecule has 0 spiro atoms. The van der Waals surface area contributed by atoms with Gasteiger partial charge in [0.25, 0.3) is 0 Å². The van der Waals surface area contributed by atoms with Gasteiger partial charge in [-0.2, -0.15) is 0 Å². The van der Waals surface area contributed by atoms with E-state index in [0.29, 0.717) is 16.9 Å². The third-order valence-electron chi connectivity index (χ3n) is 3.86. The molecule has 0 saturated carbocycles. The third kappa shape index (κ3) is 4.17.